The molecule has 0 saturated carbocycles. The molecule has 6 nitrogen and oxygen atoms in total. The van der Waals surface area contributed by atoms with Crippen LogP contribution in [-0.2, 0) is 6.42 Å². The van der Waals surface area contributed by atoms with Gasteiger partial charge in [0.1, 0.15) is 0 Å². The van der Waals surface area contributed by atoms with E-state index in [1.165, 1.54) is 0 Å². The number of aromatic nitrogens is 2. The van der Waals surface area contributed by atoms with Crippen molar-refractivity contribution in [1.29, 1.82) is 0 Å². The fourth-order valence-electron chi connectivity index (χ4n) is 2.13. The Hall–Kier alpha value is -2.08. The van der Waals surface area contributed by atoms with Gasteiger partial charge in [-0.2, -0.15) is 4.98 Å². The molecule has 1 unspecified atom stereocenters. The molecule has 0 amide bonds. The molecule has 2 rings (SSSR count). The summed E-state index contributed by atoms with van der Waals surface area (Å²) in [7, 11) is 1.91. The molecule has 1 aromatic heterocycles. The number of ether oxygens (including phenoxy) is 2. The number of nitrogens with one attached hydrogen (secondary N) is 1. The summed E-state index contributed by atoms with van der Waals surface area (Å²) in [6, 6.07) is 6.02. The fraction of sp³-hybridized carbons (Fsp3) is 0.556. The molecule has 1 atom stereocenters. The zero-order valence-electron chi connectivity index (χ0n) is 15.0. The van der Waals surface area contributed by atoms with E-state index in [1.54, 1.807) is 0 Å². The molecule has 0 radical (unpaired) electrons. The summed E-state index contributed by atoms with van der Waals surface area (Å²) in [5.74, 6) is 2.65. The molecule has 0 aliphatic heterocycles. The van der Waals surface area contributed by atoms with E-state index in [2.05, 4.69) is 36.2 Å². The Morgan fingerprint density at radius 1 is 1.12 bits per heavy atom. The van der Waals surface area contributed by atoms with E-state index in [1.807, 2.05) is 25.2 Å². The molecule has 0 saturated heterocycles. The highest BCUT2D eigenvalue weighted by Crippen LogP contribution is 2.32. The Morgan fingerprint density at radius 2 is 1.83 bits per heavy atom. The van der Waals surface area contributed by atoms with Crippen LogP contribution in [0.5, 0.6) is 11.5 Å². The third-order valence-corrected chi connectivity index (χ3v) is 3.56. The number of hydrogen-bond acceptors (Lipinski definition) is 6. The van der Waals surface area contributed by atoms with Gasteiger partial charge in [0.2, 0.25) is 0 Å². The second kappa shape index (κ2) is 9.27. The Balaban J connectivity index is 2.20. The summed E-state index contributed by atoms with van der Waals surface area (Å²) in [5, 5.41) is 7.21. The summed E-state index contributed by atoms with van der Waals surface area (Å²) >= 11 is 0. The SMILES string of the molecule is CCCOc1ccc(-c2nc(CC(C)NC)no2)cc1OCCC. The first-order valence-electron chi connectivity index (χ1n) is 8.57. The Morgan fingerprint density at radius 3 is 2.50 bits per heavy atom. The lowest BCUT2D eigenvalue weighted by Gasteiger charge is -2.12. The Labute approximate surface area is 143 Å². The van der Waals surface area contributed by atoms with Crippen LogP contribution in [0, 0.1) is 0 Å². The van der Waals surface area contributed by atoms with Crippen molar-refractivity contribution in [1.82, 2.24) is 15.5 Å². The van der Waals surface area contributed by atoms with Gasteiger partial charge in [-0.05, 0) is 45.0 Å². The van der Waals surface area contributed by atoms with Gasteiger partial charge >= 0.3 is 0 Å². The van der Waals surface area contributed by atoms with E-state index in [-0.39, 0.29) is 0 Å². The van der Waals surface area contributed by atoms with Crippen molar-refractivity contribution in [3.63, 3.8) is 0 Å². The predicted octanol–water partition coefficient (Wildman–Crippen LogP) is 3.46. The first kappa shape index (κ1) is 18.3. The highest BCUT2D eigenvalue weighted by atomic mass is 16.5. The average molecular weight is 333 g/mol. The average Bonchev–Trinajstić information content (AvgIpc) is 3.06. The van der Waals surface area contributed by atoms with Crippen molar-refractivity contribution in [2.24, 2.45) is 0 Å². The Bertz CT molecular complexity index is 628. The second-order valence-electron chi connectivity index (χ2n) is 5.77. The number of rotatable bonds is 10. The maximum atomic E-state index is 5.81. The van der Waals surface area contributed by atoms with Crippen molar-refractivity contribution in [3.05, 3.63) is 24.0 Å². The van der Waals surface area contributed by atoms with E-state index in [0.717, 1.165) is 30.6 Å². The zero-order chi connectivity index (χ0) is 17.4. The molecule has 0 aliphatic carbocycles. The van der Waals surface area contributed by atoms with Gasteiger partial charge in [0.25, 0.3) is 5.89 Å². The number of nitrogens with zero attached hydrogens (tertiary/aromatic N) is 2. The minimum absolute atomic E-state index is 0.295. The number of hydrogen-bond donors (Lipinski definition) is 1. The molecule has 0 bridgehead atoms. The molecule has 0 aliphatic rings. The van der Waals surface area contributed by atoms with Crippen molar-refractivity contribution in [2.75, 3.05) is 20.3 Å². The van der Waals surface area contributed by atoms with Gasteiger partial charge < -0.3 is 19.3 Å². The maximum Gasteiger partial charge on any atom is 0.258 e. The summed E-state index contributed by atoms with van der Waals surface area (Å²) in [4.78, 5) is 4.47. The van der Waals surface area contributed by atoms with E-state index in [9.17, 15) is 0 Å². The number of likely N-dealkylation sites (N-methyl/N-ethyl adjacent to an activating group) is 1. The molecule has 2 aromatic rings. The van der Waals surface area contributed by atoms with Crippen molar-refractivity contribution < 1.29 is 14.0 Å². The molecule has 6 heteroatoms. The van der Waals surface area contributed by atoms with Gasteiger partial charge in [-0.1, -0.05) is 19.0 Å². The molecule has 0 spiro atoms. The minimum Gasteiger partial charge on any atom is -0.490 e. The quantitative estimate of drug-likeness (QED) is 0.718. The molecule has 132 valence electrons. The standard InChI is InChI=1S/C18H27N3O3/c1-5-9-22-15-8-7-14(12-16(15)23-10-6-2)18-20-17(21-24-18)11-13(3)19-4/h7-8,12-13,19H,5-6,9-11H2,1-4H3. The van der Waals surface area contributed by atoms with Crippen LogP contribution in [0.3, 0.4) is 0 Å². The van der Waals surface area contributed by atoms with Gasteiger partial charge in [0.15, 0.2) is 17.3 Å². The van der Waals surface area contributed by atoms with Crippen LogP contribution >= 0.6 is 0 Å². The minimum atomic E-state index is 0.295. The van der Waals surface area contributed by atoms with Crippen LogP contribution in [0.2, 0.25) is 0 Å². The van der Waals surface area contributed by atoms with E-state index in [4.69, 9.17) is 14.0 Å². The molecule has 0 fully saturated rings. The molecule has 1 aromatic carbocycles. The third-order valence-electron chi connectivity index (χ3n) is 3.56. The third kappa shape index (κ3) is 4.96. The van der Waals surface area contributed by atoms with E-state index < -0.39 is 0 Å². The second-order valence-corrected chi connectivity index (χ2v) is 5.77. The lowest BCUT2D eigenvalue weighted by Crippen LogP contribution is -2.24. The molecule has 1 heterocycles. The predicted molar refractivity (Wildman–Crippen MR) is 93.5 cm³/mol. The van der Waals surface area contributed by atoms with E-state index in [0.29, 0.717) is 36.7 Å². The normalized spacial score (nSPS) is 12.2. The van der Waals surface area contributed by atoms with Gasteiger partial charge in [0.05, 0.1) is 13.2 Å². The lowest BCUT2D eigenvalue weighted by atomic mass is 10.2. The summed E-state index contributed by atoms with van der Waals surface area (Å²) in [5.41, 5.74) is 0.834. The van der Waals surface area contributed by atoms with Gasteiger partial charge in [-0.15, -0.1) is 0 Å². The van der Waals surface area contributed by atoms with Crippen LogP contribution in [0.4, 0.5) is 0 Å². The van der Waals surface area contributed by atoms with Gasteiger partial charge in [0, 0.05) is 18.0 Å². The lowest BCUT2D eigenvalue weighted by molar-refractivity contribution is 0.268. The summed E-state index contributed by atoms with van der Waals surface area (Å²) < 4.78 is 16.9. The van der Waals surface area contributed by atoms with Crippen LogP contribution in [0.15, 0.2) is 22.7 Å². The van der Waals surface area contributed by atoms with Crippen LogP contribution in [0.25, 0.3) is 11.5 Å². The molecule has 1 N–H and O–H groups in total. The first-order valence-corrected chi connectivity index (χ1v) is 8.57. The monoisotopic (exact) mass is 333 g/mol. The first-order chi connectivity index (χ1) is 11.7. The molecular formula is C18H27N3O3. The summed E-state index contributed by atoms with van der Waals surface area (Å²) in [6.07, 6.45) is 2.60. The largest absolute Gasteiger partial charge is 0.490 e. The van der Waals surface area contributed by atoms with Gasteiger partial charge in [-0.3, -0.25) is 0 Å². The van der Waals surface area contributed by atoms with Crippen molar-refractivity contribution >= 4 is 0 Å². The van der Waals surface area contributed by atoms with Crippen molar-refractivity contribution in [3.8, 4) is 23.0 Å². The van der Waals surface area contributed by atoms with E-state index >= 15 is 0 Å². The maximum absolute atomic E-state index is 5.81. The summed E-state index contributed by atoms with van der Waals surface area (Å²) in [6.45, 7) is 7.53. The smallest absolute Gasteiger partial charge is 0.258 e. The highest BCUT2D eigenvalue weighted by molar-refractivity contribution is 5.59. The topological polar surface area (TPSA) is 69.4 Å². The highest BCUT2D eigenvalue weighted by Gasteiger charge is 2.14. The molecular weight excluding hydrogens is 306 g/mol. The van der Waals surface area contributed by atoms with Gasteiger partial charge in [-0.25, -0.2) is 0 Å². The van der Waals surface area contributed by atoms with Crippen LogP contribution in [0.1, 0.15) is 39.4 Å². The van der Waals surface area contributed by atoms with Crippen LogP contribution < -0.4 is 14.8 Å². The zero-order valence-corrected chi connectivity index (χ0v) is 15.0. The van der Waals surface area contributed by atoms with Crippen LogP contribution in [-0.4, -0.2) is 36.4 Å². The van der Waals surface area contributed by atoms with Crippen molar-refractivity contribution in [2.45, 2.75) is 46.1 Å². The number of benzene rings is 1. The Kier molecular flexibility index (Phi) is 7.06. The fourth-order valence-corrected chi connectivity index (χ4v) is 2.13. The molecule has 24 heavy (non-hydrogen) atoms.